The summed E-state index contributed by atoms with van der Waals surface area (Å²) in [5.74, 6) is 0.185. The Morgan fingerprint density at radius 3 is 2.72 bits per heavy atom. The minimum Gasteiger partial charge on any atom is -0.298 e. The van der Waals surface area contributed by atoms with E-state index in [2.05, 4.69) is 0 Å². The average Bonchev–Trinajstić information content (AvgIpc) is 2.32. The molecule has 1 rings (SSSR count). The molecule has 2 nitrogen and oxygen atoms in total. The molecular weight excluding hydrogens is 251 g/mol. The van der Waals surface area contributed by atoms with Crippen LogP contribution in [0, 0.1) is 12.7 Å². The first-order chi connectivity index (χ1) is 8.56. The van der Waals surface area contributed by atoms with Crippen molar-refractivity contribution in [1.82, 2.24) is 0 Å². The van der Waals surface area contributed by atoms with Crippen LogP contribution in [0.5, 0.6) is 0 Å². The molecule has 4 heteroatoms. The molecule has 0 saturated carbocycles. The largest absolute Gasteiger partial charge is 0.298 e. The minimum absolute atomic E-state index is 0.0823. The summed E-state index contributed by atoms with van der Waals surface area (Å²) in [6, 6.07) is 2.94. The van der Waals surface area contributed by atoms with E-state index in [0.717, 1.165) is 5.56 Å². The van der Waals surface area contributed by atoms with E-state index in [-0.39, 0.29) is 10.7 Å². The topological polar surface area (TPSA) is 34.1 Å². The smallest absolute Gasteiger partial charge is 0.185 e. The van der Waals surface area contributed by atoms with E-state index in [0.29, 0.717) is 24.0 Å². The first-order valence-electron chi connectivity index (χ1n) is 5.60. The zero-order chi connectivity index (χ0) is 13.5. The molecule has 0 aromatic heterocycles. The third-order valence-corrected chi connectivity index (χ3v) is 3.29. The monoisotopic (exact) mass is 266 g/mol. The fourth-order valence-corrected chi connectivity index (χ4v) is 2.07. The summed E-state index contributed by atoms with van der Waals surface area (Å²) in [5.41, 5.74) is 1.55. The third kappa shape index (κ3) is 4.11. The van der Waals surface area contributed by atoms with Crippen LogP contribution in [-0.2, 0) is 4.79 Å². The van der Waals surface area contributed by atoms with Gasteiger partial charge in [0.2, 0.25) is 0 Å². The quantitative estimate of drug-likeness (QED) is 0.603. The Kier molecular flexibility index (Phi) is 5.78. The first kappa shape index (κ1) is 14.6. The minimum atomic E-state index is -0.506. The molecule has 0 heterocycles. The Bertz CT molecular complexity index is 481. The van der Waals surface area contributed by atoms with Gasteiger partial charge in [0, 0.05) is 12.7 Å². The van der Waals surface area contributed by atoms with Gasteiger partial charge in [-0.05, 0) is 30.5 Å². The summed E-state index contributed by atoms with van der Waals surface area (Å²) in [7, 11) is 0. The van der Waals surface area contributed by atoms with Gasteiger partial charge in [-0.2, -0.15) is 0 Å². The van der Waals surface area contributed by atoms with E-state index in [9.17, 15) is 14.0 Å². The lowest BCUT2D eigenvalue weighted by Gasteiger charge is -2.05. The molecule has 1 aromatic carbocycles. The molecule has 0 aliphatic carbocycles. The van der Waals surface area contributed by atoms with Gasteiger partial charge in [0.25, 0.3) is 0 Å². The van der Waals surface area contributed by atoms with Crippen LogP contribution in [0.2, 0.25) is 0 Å². The van der Waals surface area contributed by atoms with Crippen LogP contribution in [-0.4, -0.2) is 17.2 Å². The van der Waals surface area contributed by atoms with Gasteiger partial charge in [-0.3, -0.25) is 9.59 Å². The van der Waals surface area contributed by atoms with E-state index in [1.165, 1.54) is 24.8 Å². The summed E-state index contributed by atoms with van der Waals surface area (Å²) in [5, 5.41) is 0.0823. The number of hydrogen-bond acceptors (Lipinski definition) is 3. The summed E-state index contributed by atoms with van der Waals surface area (Å²) in [6.45, 7) is 3.35. The lowest BCUT2D eigenvalue weighted by Crippen LogP contribution is -1.95. The summed E-state index contributed by atoms with van der Waals surface area (Å²) < 4.78 is 13.4. The zero-order valence-electron chi connectivity index (χ0n) is 10.4. The fourth-order valence-electron chi connectivity index (χ4n) is 1.53. The van der Waals surface area contributed by atoms with Crippen molar-refractivity contribution >= 4 is 29.2 Å². The molecule has 0 amide bonds. The normalized spacial score (nSPS) is 10.8. The number of rotatable bonds is 5. The molecule has 0 radical (unpaired) electrons. The van der Waals surface area contributed by atoms with Crippen LogP contribution in [0.3, 0.4) is 0 Å². The van der Waals surface area contributed by atoms with E-state index in [1.54, 1.807) is 12.1 Å². The number of aryl methyl sites for hydroxylation is 1. The maximum absolute atomic E-state index is 13.4. The number of thioether (sulfide) groups is 1. The van der Waals surface area contributed by atoms with Gasteiger partial charge in [0.1, 0.15) is 5.82 Å². The van der Waals surface area contributed by atoms with Crippen LogP contribution < -0.4 is 0 Å². The molecular formula is C14H15FO2S. The van der Waals surface area contributed by atoms with Crippen molar-refractivity contribution in [1.29, 1.82) is 0 Å². The molecule has 0 bridgehead atoms. The average molecular weight is 266 g/mol. The van der Waals surface area contributed by atoms with Crippen LogP contribution >= 0.6 is 11.8 Å². The van der Waals surface area contributed by atoms with E-state index in [4.69, 9.17) is 0 Å². The maximum atomic E-state index is 13.4. The highest BCUT2D eigenvalue weighted by Gasteiger charge is 2.07. The predicted molar refractivity (Wildman–Crippen MR) is 73.3 cm³/mol. The number of carbonyl (C=O) groups is 2. The standard InChI is InChI=1S/C14H15FO2S/c1-10-6-7-14(15)13(9-16)12(10)5-3-4-8-18-11(2)17/h3,5-7,9H,4,8H2,1-2H3. The van der Waals surface area contributed by atoms with Gasteiger partial charge >= 0.3 is 0 Å². The molecule has 0 fully saturated rings. The van der Waals surface area contributed by atoms with Crippen molar-refractivity contribution in [2.45, 2.75) is 20.3 Å². The Labute approximate surface area is 110 Å². The van der Waals surface area contributed by atoms with Gasteiger partial charge < -0.3 is 0 Å². The van der Waals surface area contributed by atoms with Crippen LogP contribution in [0.15, 0.2) is 18.2 Å². The summed E-state index contributed by atoms with van der Waals surface area (Å²) in [4.78, 5) is 21.6. The number of aldehydes is 1. The van der Waals surface area contributed by atoms with Crippen molar-refractivity contribution in [3.63, 3.8) is 0 Å². The summed E-state index contributed by atoms with van der Waals surface area (Å²) in [6.07, 6.45) is 4.83. The molecule has 0 atom stereocenters. The number of benzene rings is 1. The van der Waals surface area contributed by atoms with Crippen molar-refractivity contribution in [2.24, 2.45) is 0 Å². The number of hydrogen-bond donors (Lipinski definition) is 0. The second kappa shape index (κ2) is 7.11. The molecule has 0 N–H and O–H groups in total. The Balaban J connectivity index is 2.77. The lowest BCUT2D eigenvalue weighted by atomic mass is 10.0. The lowest BCUT2D eigenvalue weighted by molar-refractivity contribution is -0.109. The number of halogens is 1. The fraction of sp³-hybridized carbons (Fsp3) is 0.286. The Hall–Kier alpha value is -1.42. The highest BCUT2D eigenvalue weighted by molar-refractivity contribution is 8.13. The predicted octanol–water partition coefficient (Wildman–Crippen LogP) is 3.63. The van der Waals surface area contributed by atoms with E-state index >= 15 is 0 Å². The second-order valence-electron chi connectivity index (χ2n) is 3.84. The van der Waals surface area contributed by atoms with Crippen LogP contribution in [0.4, 0.5) is 4.39 Å². The van der Waals surface area contributed by atoms with Crippen molar-refractivity contribution in [3.05, 3.63) is 40.7 Å². The van der Waals surface area contributed by atoms with E-state index in [1.807, 2.05) is 13.0 Å². The zero-order valence-corrected chi connectivity index (χ0v) is 11.2. The van der Waals surface area contributed by atoms with Crippen LogP contribution in [0.25, 0.3) is 6.08 Å². The van der Waals surface area contributed by atoms with E-state index < -0.39 is 5.82 Å². The molecule has 0 unspecified atom stereocenters. The second-order valence-corrected chi connectivity index (χ2v) is 5.11. The summed E-state index contributed by atoms with van der Waals surface area (Å²) >= 11 is 1.25. The number of carbonyl (C=O) groups excluding carboxylic acids is 2. The number of allylic oxidation sites excluding steroid dienone is 1. The SMILES string of the molecule is CC(=O)SCCC=Cc1c(C)ccc(F)c1C=O. The van der Waals surface area contributed by atoms with Gasteiger partial charge in [-0.15, -0.1) is 0 Å². The highest BCUT2D eigenvalue weighted by atomic mass is 32.2. The van der Waals surface area contributed by atoms with Gasteiger partial charge in [-0.1, -0.05) is 30.0 Å². The molecule has 1 aromatic rings. The molecule has 0 spiro atoms. The van der Waals surface area contributed by atoms with Crippen molar-refractivity contribution in [2.75, 3.05) is 5.75 Å². The maximum Gasteiger partial charge on any atom is 0.185 e. The van der Waals surface area contributed by atoms with Gasteiger partial charge in [0.05, 0.1) is 5.56 Å². The molecule has 0 aliphatic heterocycles. The van der Waals surface area contributed by atoms with Gasteiger partial charge in [-0.25, -0.2) is 4.39 Å². The molecule has 18 heavy (non-hydrogen) atoms. The Morgan fingerprint density at radius 1 is 1.39 bits per heavy atom. The van der Waals surface area contributed by atoms with Crippen LogP contribution in [0.1, 0.15) is 34.8 Å². The van der Waals surface area contributed by atoms with Crippen molar-refractivity contribution < 1.29 is 14.0 Å². The third-order valence-electron chi connectivity index (χ3n) is 2.44. The molecule has 96 valence electrons. The first-order valence-corrected chi connectivity index (χ1v) is 6.59. The molecule has 0 aliphatic rings. The Morgan fingerprint density at radius 2 is 2.11 bits per heavy atom. The van der Waals surface area contributed by atoms with Crippen molar-refractivity contribution in [3.8, 4) is 0 Å². The van der Waals surface area contributed by atoms with Gasteiger partial charge in [0.15, 0.2) is 11.4 Å². The highest BCUT2D eigenvalue weighted by Crippen LogP contribution is 2.18. The molecule has 0 saturated heterocycles.